The Hall–Kier alpha value is -4.97. The molecule has 0 aliphatic heterocycles. The summed E-state index contributed by atoms with van der Waals surface area (Å²) in [6, 6.07) is 0. The van der Waals surface area contributed by atoms with E-state index in [0.29, 0.717) is 19.3 Å². The largest absolute Gasteiger partial charge is 0.462 e. The predicted molar refractivity (Wildman–Crippen MR) is 278 cm³/mol. The number of ether oxygens (including phenoxy) is 3. The van der Waals surface area contributed by atoms with Crippen LogP contribution in [0.1, 0.15) is 175 Å². The lowest BCUT2D eigenvalue weighted by atomic mass is 10.1. The molecular weight excluding hydrogens is 805 g/mol. The molecule has 360 valence electrons. The Balaban J connectivity index is 4.59. The molecule has 1 atom stereocenters. The van der Waals surface area contributed by atoms with Crippen LogP contribution in [0, 0.1) is 0 Å². The Bertz CT molecular complexity index is 1540. The van der Waals surface area contributed by atoms with Crippen molar-refractivity contribution in [2.45, 2.75) is 181 Å². The summed E-state index contributed by atoms with van der Waals surface area (Å²) in [6.45, 7) is 6.12. The third-order valence-electron chi connectivity index (χ3n) is 9.83. The molecule has 6 nitrogen and oxygen atoms in total. The average Bonchev–Trinajstić information content (AvgIpc) is 3.30. The topological polar surface area (TPSA) is 78.9 Å². The van der Waals surface area contributed by atoms with Crippen molar-refractivity contribution in [1.29, 1.82) is 0 Å². The van der Waals surface area contributed by atoms with Crippen LogP contribution in [0.25, 0.3) is 0 Å². The molecule has 0 aliphatic carbocycles. The van der Waals surface area contributed by atoms with Crippen molar-refractivity contribution < 1.29 is 28.6 Å². The fourth-order valence-corrected chi connectivity index (χ4v) is 6.13. The van der Waals surface area contributed by atoms with Crippen molar-refractivity contribution >= 4 is 17.9 Å². The molecule has 0 rings (SSSR count). The summed E-state index contributed by atoms with van der Waals surface area (Å²) in [4.78, 5) is 38.0. The molecule has 1 unspecified atom stereocenters. The van der Waals surface area contributed by atoms with Gasteiger partial charge in [-0.15, -0.1) is 0 Å². The fourth-order valence-electron chi connectivity index (χ4n) is 6.13. The molecule has 0 spiro atoms. The van der Waals surface area contributed by atoms with Gasteiger partial charge in [0.05, 0.1) is 0 Å². The Kier molecular flexibility index (Phi) is 47.7. The molecule has 0 aromatic carbocycles. The predicted octanol–water partition coefficient (Wildman–Crippen LogP) is 16.6. The SMILES string of the molecule is CC\C=C/C=C\C=C/C=C\C=C\C=C/CCCCCC(=O)OCC(COC(=O)CCCCCCCCC\C=C/C=C\C=C/CC)OC(=O)CCCCCCC\C=C/C=C\C=C/C=C\CC. The molecule has 65 heavy (non-hydrogen) atoms. The summed E-state index contributed by atoms with van der Waals surface area (Å²) in [6.07, 6.45) is 75.0. The molecule has 0 aliphatic rings. The minimum Gasteiger partial charge on any atom is -0.462 e. The minimum atomic E-state index is -0.822. The second-order valence-corrected chi connectivity index (χ2v) is 15.9. The van der Waals surface area contributed by atoms with Crippen molar-refractivity contribution in [3.63, 3.8) is 0 Å². The molecule has 0 saturated heterocycles. The highest BCUT2D eigenvalue weighted by Crippen LogP contribution is 2.13. The second-order valence-electron chi connectivity index (χ2n) is 15.9. The van der Waals surface area contributed by atoms with E-state index in [2.05, 4.69) is 93.7 Å². The van der Waals surface area contributed by atoms with Gasteiger partial charge < -0.3 is 14.2 Å². The smallest absolute Gasteiger partial charge is 0.306 e. The second kappa shape index (κ2) is 51.7. The van der Waals surface area contributed by atoms with Crippen LogP contribution < -0.4 is 0 Å². The Morgan fingerprint density at radius 2 is 0.554 bits per heavy atom. The van der Waals surface area contributed by atoms with E-state index in [4.69, 9.17) is 14.2 Å². The molecule has 0 fully saturated rings. The van der Waals surface area contributed by atoms with Crippen LogP contribution in [0.3, 0.4) is 0 Å². The van der Waals surface area contributed by atoms with Gasteiger partial charge in [0, 0.05) is 19.3 Å². The van der Waals surface area contributed by atoms with Crippen LogP contribution in [0.4, 0.5) is 0 Å². The van der Waals surface area contributed by atoms with Gasteiger partial charge in [-0.2, -0.15) is 0 Å². The number of esters is 3. The van der Waals surface area contributed by atoms with Crippen molar-refractivity contribution in [2.75, 3.05) is 13.2 Å². The van der Waals surface area contributed by atoms with E-state index in [-0.39, 0.29) is 37.5 Å². The van der Waals surface area contributed by atoms with Crippen LogP contribution >= 0.6 is 0 Å². The lowest BCUT2D eigenvalue weighted by molar-refractivity contribution is -0.167. The van der Waals surface area contributed by atoms with Gasteiger partial charge in [0.25, 0.3) is 0 Å². The Labute approximate surface area is 397 Å². The summed E-state index contributed by atoms with van der Waals surface area (Å²) in [7, 11) is 0. The van der Waals surface area contributed by atoms with Gasteiger partial charge in [-0.05, 0) is 77.0 Å². The van der Waals surface area contributed by atoms with E-state index in [9.17, 15) is 14.4 Å². The lowest BCUT2D eigenvalue weighted by Gasteiger charge is -2.18. The quantitative estimate of drug-likeness (QED) is 0.0263. The van der Waals surface area contributed by atoms with E-state index >= 15 is 0 Å². The number of carbonyl (C=O) groups excluding carboxylic acids is 3. The van der Waals surface area contributed by atoms with E-state index in [0.717, 1.165) is 109 Å². The Morgan fingerprint density at radius 1 is 0.308 bits per heavy atom. The maximum atomic E-state index is 12.8. The first-order valence-corrected chi connectivity index (χ1v) is 25.2. The number of allylic oxidation sites excluding steroid dienone is 26. The van der Waals surface area contributed by atoms with Crippen LogP contribution in [-0.4, -0.2) is 37.2 Å². The molecule has 6 heteroatoms. The van der Waals surface area contributed by atoms with Crippen LogP contribution in [0.15, 0.2) is 158 Å². The van der Waals surface area contributed by atoms with E-state index in [1.54, 1.807) is 0 Å². The number of hydrogen-bond acceptors (Lipinski definition) is 6. The van der Waals surface area contributed by atoms with Crippen molar-refractivity contribution in [3.8, 4) is 0 Å². The highest BCUT2D eigenvalue weighted by Gasteiger charge is 2.19. The molecule has 0 heterocycles. The highest BCUT2D eigenvalue weighted by atomic mass is 16.6. The molecule has 0 N–H and O–H groups in total. The first-order valence-electron chi connectivity index (χ1n) is 25.2. The lowest BCUT2D eigenvalue weighted by Crippen LogP contribution is -2.30. The molecule has 0 amide bonds. The number of rotatable bonds is 42. The first kappa shape index (κ1) is 60.0. The van der Waals surface area contributed by atoms with Crippen molar-refractivity contribution in [2.24, 2.45) is 0 Å². The summed E-state index contributed by atoms with van der Waals surface area (Å²) in [5.41, 5.74) is 0. The Morgan fingerprint density at radius 3 is 0.877 bits per heavy atom. The highest BCUT2D eigenvalue weighted by molar-refractivity contribution is 5.71. The van der Waals surface area contributed by atoms with Crippen LogP contribution in [-0.2, 0) is 28.6 Å². The summed E-state index contributed by atoms with van der Waals surface area (Å²) in [5.74, 6) is -1.01. The number of unbranched alkanes of at least 4 members (excludes halogenated alkanes) is 15. The third kappa shape index (κ3) is 49.9. The summed E-state index contributed by atoms with van der Waals surface area (Å²) < 4.78 is 16.7. The van der Waals surface area contributed by atoms with E-state index in [1.807, 2.05) is 85.1 Å². The zero-order valence-electron chi connectivity index (χ0n) is 40.9. The van der Waals surface area contributed by atoms with Crippen LogP contribution in [0.5, 0.6) is 0 Å². The van der Waals surface area contributed by atoms with Gasteiger partial charge in [-0.25, -0.2) is 0 Å². The van der Waals surface area contributed by atoms with Gasteiger partial charge in [0.1, 0.15) is 13.2 Å². The monoisotopic (exact) mass is 893 g/mol. The van der Waals surface area contributed by atoms with Crippen molar-refractivity contribution in [1.82, 2.24) is 0 Å². The molecule has 0 aromatic heterocycles. The molecule has 0 aromatic rings. The van der Waals surface area contributed by atoms with Crippen molar-refractivity contribution in [3.05, 3.63) is 158 Å². The van der Waals surface area contributed by atoms with Gasteiger partial charge >= 0.3 is 17.9 Å². The van der Waals surface area contributed by atoms with Gasteiger partial charge in [-0.3, -0.25) is 14.4 Å². The minimum absolute atomic E-state index is 0.117. The molecular formula is C59H88O6. The average molecular weight is 893 g/mol. The fraction of sp³-hybridized carbons (Fsp3) is 0.508. The molecule has 0 saturated carbocycles. The normalized spacial score (nSPS) is 13.5. The van der Waals surface area contributed by atoms with Gasteiger partial charge in [0.15, 0.2) is 6.10 Å². The van der Waals surface area contributed by atoms with Crippen LogP contribution in [0.2, 0.25) is 0 Å². The van der Waals surface area contributed by atoms with Gasteiger partial charge in [0.2, 0.25) is 0 Å². The molecule has 0 bridgehead atoms. The number of carbonyl (C=O) groups is 3. The van der Waals surface area contributed by atoms with E-state index in [1.165, 1.54) is 19.3 Å². The van der Waals surface area contributed by atoms with Gasteiger partial charge in [-0.1, -0.05) is 237 Å². The summed E-state index contributed by atoms with van der Waals surface area (Å²) in [5, 5.41) is 0. The third-order valence-corrected chi connectivity index (χ3v) is 9.83. The maximum absolute atomic E-state index is 12.8. The zero-order chi connectivity index (χ0) is 47.2. The first-order chi connectivity index (χ1) is 32.0. The molecule has 0 radical (unpaired) electrons. The standard InChI is InChI=1S/C59H88O6/c1-4-7-10-13-16-19-22-25-28-29-32-34-37-40-43-46-49-52-58(61)64-55-56(65-59(62)53-50-47-44-41-38-35-31-27-24-21-18-15-12-9-6-3)54-63-57(60)51-48-45-42-39-36-33-30-26-23-20-17-14-11-8-5-2/h7-25,27-29,31-32,34,37,56H,4-6,26,30,33,35-36,38-55H2,1-3H3/b10-7-,11-8-,12-9-,16-13-,17-14-,18-15-,22-19-,23-20-,24-21-,28-25-,31-27-,32-29+,37-34-. The maximum Gasteiger partial charge on any atom is 0.306 e. The summed E-state index contributed by atoms with van der Waals surface area (Å²) >= 11 is 0. The number of hydrogen-bond donors (Lipinski definition) is 0. The zero-order valence-corrected chi connectivity index (χ0v) is 40.9. The van der Waals surface area contributed by atoms with E-state index < -0.39 is 6.10 Å².